The van der Waals surface area contributed by atoms with Crippen molar-refractivity contribution in [1.29, 1.82) is 0 Å². The topological polar surface area (TPSA) is 75.6 Å². The van der Waals surface area contributed by atoms with Gasteiger partial charge in [-0.3, -0.25) is 4.79 Å². The fourth-order valence-corrected chi connectivity index (χ4v) is 5.49. The predicted molar refractivity (Wildman–Crippen MR) is 134 cm³/mol. The van der Waals surface area contributed by atoms with Crippen LogP contribution in [0.3, 0.4) is 0 Å². The van der Waals surface area contributed by atoms with Crippen molar-refractivity contribution in [2.24, 2.45) is 5.92 Å². The van der Waals surface area contributed by atoms with Crippen molar-refractivity contribution in [1.82, 2.24) is 0 Å². The van der Waals surface area contributed by atoms with Crippen LogP contribution >= 0.6 is 0 Å². The van der Waals surface area contributed by atoms with Crippen molar-refractivity contribution in [2.45, 2.75) is 25.0 Å². The lowest BCUT2D eigenvalue weighted by molar-refractivity contribution is -0.938. The Morgan fingerprint density at radius 1 is 0.943 bits per heavy atom. The van der Waals surface area contributed by atoms with Crippen molar-refractivity contribution >= 4 is 17.4 Å². The standard InChI is InChI=1S/C29H30N2O4/c32-25-13-7-10-23(18-25)26(33)19-31-16-14-21(15-17-31)27(20-31)35-29(34)28(22-8-3-1-4-9-22)30-24-11-5-2-6-12-24/h1-13,18,21,27-28,30H,14-17,19-20H2/p+1/t21?,27-,28?,31?/m0/s1. The number of benzene rings is 3. The molecule has 1 unspecified atom stereocenters. The molecule has 3 aromatic carbocycles. The van der Waals surface area contributed by atoms with Crippen molar-refractivity contribution in [3.05, 3.63) is 96.1 Å². The van der Waals surface area contributed by atoms with Crippen LogP contribution in [0.2, 0.25) is 0 Å². The number of carbonyl (C=O) groups is 2. The molecule has 2 bridgehead atoms. The molecule has 6 nitrogen and oxygen atoms in total. The first kappa shape index (κ1) is 23.1. The van der Waals surface area contributed by atoms with Gasteiger partial charge < -0.3 is 19.6 Å². The van der Waals surface area contributed by atoms with Gasteiger partial charge in [-0.2, -0.15) is 0 Å². The molecular formula is C29H31N2O4+. The molecule has 2 N–H and O–H groups in total. The van der Waals surface area contributed by atoms with Gasteiger partial charge in [0.05, 0.1) is 13.1 Å². The largest absolute Gasteiger partial charge is 0.508 e. The van der Waals surface area contributed by atoms with Crippen LogP contribution in [0.25, 0.3) is 0 Å². The Labute approximate surface area is 205 Å². The summed E-state index contributed by atoms with van der Waals surface area (Å²) >= 11 is 0. The number of quaternary nitrogens is 1. The lowest BCUT2D eigenvalue weighted by atomic mass is 9.82. The summed E-state index contributed by atoms with van der Waals surface area (Å²) in [6, 6.07) is 25.2. The molecule has 180 valence electrons. The first-order valence-electron chi connectivity index (χ1n) is 12.3. The van der Waals surface area contributed by atoms with Crippen LogP contribution in [0.1, 0.15) is 34.8 Å². The molecule has 0 amide bonds. The van der Waals surface area contributed by atoms with E-state index in [1.54, 1.807) is 18.2 Å². The second-order valence-electron chi connectivity index (χ2n) is 9.77. The van der Waals surface area contributed by atoms with Crippen LogP contribution in [0.4, 0.5) is 5.69 Å². The van der Waals surface area contributed by atoms with E-state index in [0.717, 1.165) is 37.2 Å². The molecule has 0 saturated carbocycles. The number of piperidine rings is 3. The van der Waals surface area contributed by atoms with Gasteiger partial charge in [0.1, 0.15) is 18.8 Å². The van der Waals surface area contributed by atoms with Gasteiger partial charge in [0.25, 0.3) is 0 Å². The van der Waals surface area contributed by atoms with Crippen molar-refractivity contribution in [3.8, 4) is 5.75 Å². The summed E-state index contributed by atoms with van der Waals surface area (Å²) in [4.78, 5) is 26.5. The first-order chi connectivity index (χ1) is 17.0. The fraction of sp³-hybridized carbons (Fsp3) is 0.310. The smallest absolute Gasteiger partial charge is 0.333 e. The number of esters is 1. The lowest BCUT2D eigenvalue weighted by Gasteiger charge is -2.51. The Balaban J connectivity index is 1.31. The number of anilines is 1. The van der Waals surface area contributed by atoms with E-state index < -0.39 is 6.04 Å². The monoisotopic (exact) mass is 471 g/mol. The molecule has 35 heavy (non-hydrogen) atoms. The number of ether oxygens (including phenoxy) is 1. The molecule has 3 saturated heterocycles. The Bertz CT molecular complexity index is 1170. The maximum Gasteiger partial charge on any atom is 0.333 e. The van der Waals surface area contributed by atoms with Gasteiger partial charge in [-0.1, -0.05) is 60.7 Å². The van der Waals surface area contributed by atoms with E-state index in [1.807, 2.05) is 60.7 Å². The number of phenols is 1. The highest BCUT2D eigenvalue weighted by molar-refractivity contribution is 5.97. The van der Waals surface area contributed by atoms with Gasteiger partial charge in [-0.15, -0.1) is 0 Å². The predicted octanol–water partition coefficient (Wildman–Crippen LogP) is 4.58. The zero-order valence-corrected chi connectivity index (χ0v) is 19.7. The molecule has 2 atom stereocenters. The number of hydrogen-bond donors (Lipinski definition) is 2. The third-order valence-electron chi connectivity index (χ3n) is 7.41. The number of aromatic hydroxyl groups is 1. The average Bonchev–Trinajstić information content (AvgIpc) is 2.89. The number of fused-ring (bicyclic) bond motifs is 3. The van der Waals surface area contributed by atoms with Gasteiger partial charge in [0, 0.05) is 30.0 Å². The zero-order chi connectivity index (χ0) is 24.3. The highest BCUT2D eigenvalue weighted by atomic mass is 16.5. The van der Waals surface area contributed by atoms with Gasteiger partial charge >= 0.3 is 5.97 Å². The average molecular weight is 472 g/mol. The van der Waals surface area contributed by atoms with Gasteiger partial charge in [-0.05, 0) is 29.8 Å². The van der Waals surface area contributed by atoms with E-state index in [-0.39, 0.29) is 23.6 Å². The number of hydrogen-bond acceptors (Lipinski definition) is 5. The molecule has 3 aromatic rings. The van der Waals surface area contributed by atoms with Gasteiger partial charge in [0.15, 0.2) is 12.1 Å². The Kier molecular flexibility index (Phi) is 6.55. The Morgan fingerprint density at radius 3 is 2.31 bits per heavy atom. The summed E-state index contributed by atoms with van der Waals surface area (Å²) < 4.78 is 6.81. The first-order valence-corrected chi connectivity index (χ1v) is 12.3. The molecule has 0 spiro atoms. The summed E-state index contributed by atoms with van der Waals surface area (Å²) in [5, 5.41) is 13.1. The van der Waals surface area contributed by atoms with E-state index in [0.29, 0.717) is 29.1 Å². The Hall–Kier alpha value is -3.64. The number of phenolic OH excluding ortho intramolecular Hbond substituents is 1. The zero-order valence-electron chi connectivity index (χ0n) is 19.7. The van der Waals surface area contributed by atoms with E-state index in [4.69, 9.17) is 4.74 Å². The lowest BCUT2D eigenvalue weighted by Crippen LogP contribution is -2.65. The molecular weight excluding hydrogens is 440 g/mol. The third kappa shape index (κ3) is 5.23. The van der Waals surface area contributed by atoms with Crippen LogP contribution in [-0.2, 0) is 9.53 Å². The molecule has 3 aliphatic rings. The highest BCUT2D eigenvalue weighted by Gasteiger charge is 2.49. The molecule has 0 aliphatic carbocycles. The SMILES string of the molecule is O=C(C[N+]12CCC(CC1)[C@@H](OC(=O)C(Nc1ccccc1)c1ccccc1)C2)c1cccc(O)c1. The normalized spacial score (nSPS) is 23.9. The summed E-state index contributed by atoms with van der Waals surface area (Å²) in [7, 11) is 0. The fourth-order valence-electron chi connectivity index (χ4n) is 5.49. The van der Waals surface area contributed by atoms with E-state index in [9.17, 15) is 14.7 Å². The quantitative estimate of drug-likeness (QED) is 0.286. The molecule has 3 heterocycles. The summed E-state index contributed by atoms with van der Waals surface area (Å²) in [5.74, 6) is 0.136. The summed E-state index contributed by atoms with van der Waals surface area (Å²) in [5.41, 5.74) is 2.23. The Morgan fingerprint density at radius 2 is 1.63 bits per heavy atom. The third-order valence-corrected chi connectivity index (χ3v) is 7.41. The van der Waals surface area contributed by atoms with E-state index in [1.165, 1.54) is 6.07 Å². The molecule has 0 aromatic heterocycles. The second kappa shape index (κ2) is 9.92. The maximum atomic E-state index is 13.5. The number of para-hydroxylation sites is 1. The summed E-state index contributed by atoms with van der Waals surface area (Å²) in [6.45, 7) is 2.82. The maximum absolute atomic E-state index is 13.5. The van der Waals surface area contributed by atoms with Crippen molar-refractivity contribution < 1.29 is 23.9 Å². The van der Waals surface area contributed by atoms with Crippen LogP contribution in [0, 0.1) is 5.92 Å². The minimum atomic E-state index is -0.614. The number of carbonyl (C=O) groups excluding carboxylic acids is 2. The minimum absolute atomic E-state index is 0.0132. The molecule has 3 aliphatic heterocycles. The number of rotatable bonds is 8. The van der Waals surface area contributed by atoms with Crippen LogP contribution in [-0.4, -0.2) is 53.6 Å². The number of nitrogens with one attached hydrogen (secondary N) is 1. The number of ketones is 1. The molecule has 6 rings (SSSR count). The van der Waals surface area contributed by atoms with E-state index in [2.05, 4.69) is 5.32 Å². The molecule has 3 fully saturated rings. The summed E-state index contributed by atoms with van der Waals surface area (Å²) in [6.07, 6.45) is 1.66. The number of nitrogens with zero attached hydrogens (tertiary/aromatic N) is 1. The minimum Gasteiger partial charge on any atom is -0.508 e. The van der Waals surface area contributed by atoms with Crippen LogP contribution < -0.4 is 5.32 Å². The number of Topliss-reactive ketones (excluding diaryl/α,β-unsaturated/α-hetero) is 1. The second-order valence-corrected chi connectivity index (χ2v) is 9.77. The van der Waals surface area contributed by atoms with Crippen molar-refractivity contribution in [3.63, 3.8) is 0 Å². The van der Waals surface area contributed by atoms with Crippen LogP contribution in [0.15, 0.2) is 84.9 Å². The highest BCUT2D eigenvalue weighted by Crippen LogP contribution is 2.37. The van der Waals surface area contributed by atoms with Gasteiger partial charge in [-0.25, -0.2) is 4.79 Å². The molecule has 0 radical (unpaired) electrons. The van der Waals surface area contributed by atoms with E-state index >= 15 is 0 Å². The van der Waals surface area contributed by atoms with Gasteiger partial charge in [0.2, 0.25) is 5.78 Å². The molecule has 6 heteroatoms. The van der Waals surface area contributed by atoms with Crippen LogP contribution in [0.5, 0.6) is 5.75 Å². The van der Waals surface area contributed by atoms with Crippen molar-refractivity contribution in [2.75, 3.05) is 31.5 Å².